The second kappa shape index (κ2) is 50.8. The molecule has 0 saturated carbocycles. The summed E-state index contributed by atoms with van der Waals surface area (Å²) in [6.45, 7) is 48.3. The Balaban J connectivity index is 6.00. The second-order valence-corrected chi connectivity index (χ2v) is 72.8. The summed E-state index contributed by atoms with van der Waals surface area (Å²) in [5, 5.41) is 0. The minimum atomic E-state index is -1.22. The van der Waals surface area contributed by atoms with Crippen LogP contribution in [0.15, 0.2) is 47.1 Å². The van der Waals surface area contributed by atoms with Gasteiger partial charge in [-0.05, 0) is 0 Å². The van der Waals surface area contributed by atoms with Crippen LogP contribution >= 0.6 is 0 Å². The minimum absolute atomic E-state index is 0.473. The van der Waals surface area contributed by atoms with Crippen molar-refractivity contribution in [2.45, 2.75) is 211 Å². The van der Waals surface area contributed by atoms with Crippen molar-refractivity contribution in [1.82, 2.24) is 0 Å². The maximum atomic E-state index is 6.55. The number of rotatable bonds is 56. The average molecular weight is 1610 g/mol. The maximum absolute atomic E-state index is 6.55. The molecule has 0 aliphatic rings. The molecule has 77 heavy (non-hydrogen) atoms. The number of allylic oxidation sites excluding steroid dienone is 4. The monoisotopic (exact) mass is 1620 g/mol. The van der Waals surface area contributed by atoms with Crippen LogP contribution in [0, 0.1) is 5.41 Å². The zero-order valence-corrected chi connectivity index (χ0v) is 66.8. The molecule has 0 fully saturated rings. The van der Waals surface area contributed by atoms with Crippen LogP contribution < -0.4 is 0 Å². The molecule has 0 aromatic carbocycles. The van der Waals surface area contributed by atoms with Gasteiger partial charge in [0.25, 0.3) is 0 Å². The fraction of sp³-hybridized carbons (Fsp3) is 0.869. The van der Waals surface area contributed by atoms with Crippen LogP contribution in [0.1, 0.15) is 79.1 Å². The van der Waals surface area contributed by atoms with E-state index in [4.69, 9.17) is 37.9 Å². The molecule has 8 nitrogen and oxygen atoms in total. The molecule has 0 spiro atoms. The number of hydrogen-bond acceptors (Lipinski definition) is 8. The van der Waals surface area contributed by atoms with Gasteiger partial charge in [-0.15, -0.1) is 0 Å². The zero-order valence-electron chi connectivity index (χ0n) is 53.5. The third-order valence-electron chi connectivity index (χ3n) is 12.1. The van der Waals surface area contributed by atoms with Crippen LogP contribution in [0.3, 0.4) is 0 Å². The molecule has 0 radical (unpaired) electrons. The van der Waals surface area contributed by atoms with Crippen molar-refractivity contribution in [1.29, 1.82) is 0 Å². The van der Waals surface area contributed by atoms with Crippen molar-refractivity contribution in [3.8, 4) is 0 Å². The van der Waals surface area contributed by atoms with Gasteiger partial charge in [-0.1, -0.05) is 0 Å². The molecule has 0 N–H and O–H groups in total. The van der Waals surface area contributed by atoms with Gasteiger partial charge in [0.1, 0.15) is 0 Å². The van der Waals surface area contributed by atoms with Gasteiger partial charge >= 0.3 is 518 Å². The van der Waals surface area contributed by atoms with Crippen LogP contribution in [0.2, 0.25) is 132 Å². The van der Waals surface area contributed by atoms with Crippen LogP contribution in [0.5, 0.6) is 0 Å². The van der Waals surface area contributed by atoms with Crippen LogP contribution in [0.25, 0.3) is 0 Å². The Kier molecular flexibility index (Phi) is 52.5. The Morgan fingerprint density at radius 2 is 0.468 bits per heavy atom. The van der Waals surface area contributed by atoms with E-state index in [2.05, 4.69) is 153 Å². The summed E-state index contributed by atoms with van der Waals surface area (Å²) in [5.41, 5.74) is 9.68. The van der Waals surface area contributed by atoms with Crippen LogP contribution in [-0.2, 0) is 37.9 Å². The molecule has 0 rings (SSSR count). The van der Waals surface area contributed by atoms with Crippen molar-refractivity contribution >= 4 is 111 Å². The second-order valence-electron chi connectivity index (χ2n) is 25.4. The first-order chi connectivity index (χ1) is 36.6. The summed E-state index contributed by atoms with van der Waals surface area (Å²) in [6.07, 6.45) is 20.7. The summed E-state index contributed by atoms with van der Waals surface area (Å²) in [6, 6.07) is 0. The van der Waals surface area contributed by atoms with E-state index < -0.39 is 116 Å². The summed E-state index contributed by atoms with van der Waals surface area (Å²) in [4.78, 5) is 0. The molecule has 0 saturated heterocycles. The molecule has 0 aliphatic heterocycles. The number of unbranched alkanes of at least 4 members (excludes halogenated alkanes) is 4. The van der Waals surface area contributed by atoms with E-state index in [0.29, 0.717) is 79.3 Å². The Bertz CT molecular complexity index is 1240. The Morgan fingerprint density at radius 3 is 0.649 bits per heavy atom. The van der Waals surface area contributed by atoms with Crippen molar-refractivity contribution in [3.05, 3.63) is 47.1 Å². The topological polar surface area (TPSA) is 73.8 Å². The van der Waals surface area contributed by atoms with Gasteiger partial charge in [0.05, 0.1) is 0 Å². The molecule has 0 aromatic rings. The molecular formula is C61H128O8Si4Te4+4. The summed E-state index contributed by atoms with van der Waals surface area (Å²) in [5.74, 6) is 0. The molecule has 0 aliphatic carbocycles. The SMILES string of the molecule is CCCC[Te+](C/C=C/[Si](C)(C)C)CCOCCOCC(COCCOCC[Te+](C/C=C/[Si](C)(C)C)CCCC)(COCCOCC[Te+](C/C=C/[Si](C)(C)C)CCCC)COCCOCC[Te+](C/C=C/[Si](C)(C)C)CCCC. The molecule has 16 heteroatoms. The van der Waals surface area contributed by atoms with Gasteiger partial charge in [-0.2, -0.15) is 0 Å². The first-order valence-corrected chi connectivity index (χ1v) is 64.5. The Hall–Kier alpha value is 2.67. The van der Waals surface area contributed by atoms with E-state index in [9.17, 15) is 0 Å². The van der Waals surface area contributed by atoms with Gasteiger partial charge < -0.3 is 0 Å². The molecule has 0 aromatic heterocycles. The van der Waals surface area contributed by atoms with E-state index >= 15 is 0 Å². The molecule has 0 atom stereocenters. The van der Waals surface area contributed by atoms with E-state index in [1.165, 1.54) is 105 Å². The number of hydrogen-bond donors (Lipinski definition) is 0. The van der Waals surface area contributed by atoms with Crippen molar-refractivity contribution in [3.63, 3.8) is 0 Å². The molecular weight excluding hydrogens is 1480 g/mol. The van der Waals surface area contributed by atoms with Gasteiger partial charge in [-0.3, -0.25) is 0 Å². The average Bonchev–Trinajstić information content (AvgIpc) is 3.34. The van der Waals surface area contributed by atoms with E-state index in [1.807, 2.05) is 0 Å². The molecule has 0 heterocycles. The van der Waals surface area contributed by atoms with E-state index in [-0.39, 0.29) is 0 Å². The zero-order chi connectivity index (χ0) is 57.6. The van der Waals surface area contributed by atoms with Gasteiger partial charge in [-0.25, -0.2) is 0 Å². The predicted octanol–water partition coefficient (Wildman–Crippen LogP) is 17.0. The normalized spacial score (nSPS) is 13.7. The first kappa shape index (κ1) is 79.7. The Morgan fingerprint density at radius 1 is 0.273 bits per heavy atom. The van der Waals surface area contributed by atoms with Gasteiger partial charge in [0, 0.05) is 0 Å². The molecule has 456 valence electrons. The molecule has 0 unspecified atom stereocenters. The third kappa shape index (κ3) is 56.2. The fourth-order valence-corrected chi connectivity index (χ4v) is 35.4. The quantitative estimate of drug-likeness (QED) is 0.0441. The van der Waals surface area contributed by atoms with E-state index in [0.717, 1.165) is 26.4 Å². The van der Waals surface area contributed by atoms with Crippen molar-refractivity contribution in [2.75, 3.05) is 106 Å². The fourth-order valence-electron chi connectivity index (χ4n) is 7.61. The van der Waals surface area contributed by atoms with E-state index in [1.54, 1.807) is 0 Å². The number of ether oxygens (including phenoxy) is 8. The molecule has 0 amide bonds. The van der Waals surface area contributed by atoms with Gasteiger partial charge in [0.15, 0.2) is 0 Å². The Labute approximate surface area is 512 Å². The van der Waals surface area contributed by atoms with Gasteiger partial charge in [0.2, 0.25) is 0 Å². The summed E-state index contributed by atoms with van der Waals surface area (Å²) in [7, 11) is -4.67. The summed E-state index contributed by atoms with van der Waals surface area (Å²) < 4.78 is 67.5. The standard InChI is InChI=1S/C61H128O8Si4Te4/c1-17-21-45-74(49-25-41-70(5,6)7)53-37-62-29-33-66-57-61(58-67-34-30-63-38-54-75(46-22-18-2)50-26-42-71(8,9)10,59-68-35-31-64-39-55-76(47-23-19-3)51-27-43-72(11,12)13)60-69-36-32-65-40-56-77(48-24-20-4)52-28-44-73(14,15)16/h25-28,41-44H,17-24,29-40,45-60H2,1-16H3/q+4/b41-25+,42-26+,43-27+,44-28+. The van der Waals surface area contributed by atoms with Crippen LogP contribution in [-0.4, -0.2) is 216 Å². The first-order valence-electron chi connectivity index (χ1n) is 30.4. The molecule has 0 bridgehead atoms. The van der Waals surface area contributed by atoms with Crippen LogP contribution in [0.4, 0.5) is 0 Å². The van der Waals surface area contributed by atoms with Crippen molar-refractivity contribution < 1.29 is 37.9 Å². The summed E-state index contributed by atoms with van der Waals surface area (Å²) >= 11 is -4.87. The predicted molar refractivity (Wildman–Crippen MR) is 359 cm³/mol. The third-order valence-corrected chi connectivity index (χ3v) is 43.0. The van der Waals surface area contributed by atoms with Crippen molar-refractivity contribution in [2.24, 2.45) is 5.41 Å².